The Bertz CT molecular complexity index is 1340. The van der Waals surface area contributed by atoms with Gasteiger partial charge in [-0.25, -0.2) is 9.97 Å². The largest absolute Gasteiger partial charge is 0.508 e. The molecule has 9 heteroatoms. The number of rotatable bonds is 4. The molecule has 0 saturated heterocycles. The highest BCUT2D eigenvalue weighted by Crippen LogP contribution is 2.39. The molecule has 0 bridgehead atoms. The zero-order valence-electron chi connectivity index (χ0n) is 15.6. The van der Waals surface area contributed by atoms with Crippen molar-refractivity contribution in [3.05, 3.63) is 58.4 Å². The number of aromatic nitrogens is 2. The number of nitrogens with one attached hydrogen (secondary N) is 2. The van der Waals surface area contributed by atoms with E-state index in [0.717, 1.165) is 26.2 Å². The van der Waals surface area contributed by atoms with Crippen LogP contribution in [-0.2, 0) is 9.59 Å². The predicted molar refractivity (Wildman–Crippen MR) is 117 cm³/mol. The molecule has 0 fully saturated rings. The van der Waals surface area contributed by atoms with Crippen molar-refractivity contribution in [3.63, 3.8) is 0 Å². The number of hydrogen-bond acceptors (Lipinski definition) is 8. The number of fused-ring (bicyclic) bond motifs is 1. The van der Waals surface area contributed by atoms with Crippen molar-refractivity contribution >= 4 is 50.5 Å². The first-order chi connectivity index (χ1) is 14.5. The molecule has 7 nitrogen and oxygen atoms in total. The normalized spacial score (nSPS) is 13.9. The number of benzene rings is 1. The molecular weight excluding hydrogens is 420 g/mol. The van der Waals surface area contributed by atoms with Crippen LogP contribution in [0.4, 0.5) is 5.82 Å². The average molecular weight is 435 g/mol. The summed E-state index contributed by atoms with van der Waals surface area (Å²) in [6.45, 7) is 1.59. The van der Waals surface area contributed by atoms with E-state index in [0.29, 0.717) is 17.2 Å². The fourth-order valence-electron chi connectivity index (χ4n) is 3.21. The van der Waals surface area contributed by atoms with Gasteiger partial charge in [0.1, 0.15) is 22.1 Å². The second kappa shape index (κ2) is 7.05. The molecule has 4 heterocycles. The Morgan fingerprint density at radius 2 is 1.83 bits per heavy atom. The number of carbonyl (C=O) groups excluding carboxylic acids is 2. The SMILES string of the molecule is CC1=C(Nc2nc(-c3cccs3)nc3scc(-c4ccc(O)cc4)c23)C(=O)NC1=O. The van der Waals surface area contributed by atoms with Crippen LogP contribution in [0.2, 0.25) is 0 Å². The van der Waals surface area contributed by atoms with E-state index >= 15 is 0 Å². The number of imide groups is 1. The molecule has 0 unspecified atom stereocenters. The lowest BCUT2D eigenvalue weighted by Crippen LogP contribution is -2.24. The van der Waals surface area contributed by atoms with E-state index in [1.807, 2.05) is 35.0 Å². The number of phenols is 1. The molecule has 5 rings (SSSR count). The lowest BCUT2D eigenvalue weighted by molar-refractivity contribution is -0.124. The number of hydrogen-bond donors (Lipinski definition) is 3. The minimum Gasteiger partial charge on any atom is -0.508 e. The van der Waals surface area contributed by atoms with Crippen LogP contribution < -0.4 is 10.6 Å². The molecule has 0 aliphatic carbocycles. The number of phenolic OH excluding ortho intramolecular Hbond substituents is 1. The van der Waals surface area contributed by atoms with Crippen LogP contribution in [0.5, 0.6) is 5.75 Å². The lowest BCUT2D eigenvalue weighted by Gasteiger charge is -2.10. The van der Waals surface area contributed by atoms with Crippen LogP contribution in [-0.4, -0.2) is 26.9 Å². The van der Waals surface area contributed by atoms with Crippen molar-refractivity contribution < 1.29 is 14.7 Å². The first-order valence-corrected chi connectivity index (χ1v) is 10.7. The van der Waals surface area contributed by atoms with Crippen LogP contribution in [0.15, 0.2) is 58.4 Å². The Balaban J connectivity index is 1.73. The predicted octanol–water partition coefficient (Wildman–Crippen LogP) is 4.13. The molecule has 1 aliphatic heterocycles. The van der Waals surface area contributed by atoms with E-state index < -0.39 is 11.8 Å². The summed E-state index contributed by atoms with van der Waals surface area (Å²) < 4.78 is 0. The Hall–Kier alpha value is -3.56. The van der Waals surface area contributed by atoms with E-state index in [4.69, 9.17) is 9.97 Å². The number of nitrogens with zero attached hydrogens (tertiary/aromatic N) is 2. The van der Waals surface area contributed by atoms with Crippen LogP contribution in [0.3, 0.4) is 0 Å². The molecule has 4 aromatic rings. The summed E-state index contributed by atoms with van der Waals surface area (Å²) in [5.74, 6) is 0.266. The monoisotopic (exact) mass is 434 g/mol. The number of carbonyl (C=O) groups is 2. The molecule has 1 aromatic carbocycles. The first-order valence-electron chi connectivity index (χ1n) is 8.97. The van der Waals surface area contributed by atoms with Crippen molar-refractivity contribution in [3.8, 4) is 27.6 Å². The molecule has 30 heavy (non-hydrogen) atoms. The van der Waals surface area contributed by atoms with Gasteiger partial charge < -0.3 is 10.4 Å². The van der Waals surface area contributed by atoms with Gasteiger partial charge in [0, 0.05) is 16.5 Å². The average Bonchev–Trinajstić information content (AvgIpc) is 3.46. The summed E-state index contributed by atoms with van der Waals surface area (Å²) in [4.78, 5) is 35.2. The number of thiophene rings is 2. The van der Waals surface area contributed by atoms with Crippen molar-refractivity contribution in [2.45, 2.75) is 6.92 Å². The Morgan fingerprint density at radius 3 is 2.50 bits per heavy atom. The zero-order valence-corrected chi connectivity index (χ0v) is 17.2. The van der Waals surface area contributed by atoms with E-state index in [-0.39, 0.29) is 11.4 Å². The van der Waals surface area contributed by atoms with Crippen LogP contribution in [0.25, 0.3) is 32.0 Å². The number of anilines is 1. The van der Waals surface area contributed by atoms with E-state index in [2.05, 4.69) is 10.6 Å². The van der Waals surface area contributed by atoms with Crippen molar-refractivity contribution in [2.24, 2.45) is 0 Å². The summed E-state index contributed by atoms with van der Waals surface area (Å²) in [6, 6.07) is 10.7. The van der Waals surface area contributed by atoms with Gasteiger partial charge in [-0.15, -0.1) is 22.7 Å². The second-order valence-corrected chi connectivity index (χ2v) is 8.46. The highest BCUT2D eigenvalue weighted by molar-refractivity contribution is 7.17. The maximum atomic E-state index is 12.3. The van der Waals surface area contributed by atoms with Crippen molar-refractivity contribution in [1.82, 2.24) is 15.3 Å². The topological polar surface area (TPSA) is 104 Å². The van der Waals surface area contributed by atoms with Gasteiger partial charge in [-0.05, 0) is 36.1 Å². The summed E-state index contributed by atoms with van der Waals surface area (Å²) in [5.41, 5.74) is 2.25. The molecule has 0 spiro atoms. The molecule has 0 atom stereocenters. The van der Waals surface area contributed by atoms with Crippen LogP contribution in [0.1, 0.15) is 6.92 Å². The highest BCUT2D eigenvalue weighted by atomic mass is 32.1. The van der Waals surface area contributed by atoms with E-state index in [1.54, 1.807) is 19.1 Å². The third kappa shape index (κ3) is 3.04. The van der Waals surface area contributed by atoms with Crippen molar-refractivity contribution in [1.29, 1.82) is 0 Å². The van der Waals surface area contributed by atoms with Gasteiger partial charge in [0.15, 0.2) is 5.82 Å². The number of aromatic hydroxyl groups is 1. The first kappa shape index (κ1) is 18.5. The minimum atomic E-state index is -0.483. The van der Waals surface area contributed by atoms with E-state index in [9.17, 15) is 14.7 Å². The zero-order chi connectivity index (χ0) is 20.8. The fourth-order valence-corrected chi connectivity index (χ4v) is 4.82. The summed E-state index contributed by atoms with van der Waals surface area (Å²) >= 11 is 2.99. The summed E-state index contributed by atoms with van der Waals surface area (Å²) in [5, 5.41) is 19.7. The standard InChI is InChI=1S/C21H14N4O3S2/c1-10-16(20(28)25-19(10)27)22-18-15-13(11-4-6-12(26)7-5-11)9-30-21(15)24-17(23-18)14-3-2-8-29-14/h2-9,26H,1H3,(H2,22,23,24,25,27,28). The highest BCUT2D eigenvalue weighted by Gasteiger charge is 2.28. The lowest BCUT2D eigenvalue weighted by atomic mass is 10.1. The van der Waals surface area contributed by atoms with Crippen molar-refractivity contribution in [2.75, 3.05) is 5.32 Å². The fraction of sp³-hybridized carbons (Fsp3) is 0.0476. The maximum Gasteiger partial charge on any atom is 0.275 e. The quantitative estimate of drug-likeness (QED) is 0.417. The van der Waals surface area contributed by atoms with Gasteiger partial charge in [0.05, 0.1) is 10.3 Å². The second-order valence-electron chi connectivity index (χ2n) is 6.66. The third-order valence-corrected chi connectivity index (χ3v) is 6.50. The maximum absolute atomic E-state index is 12.3. The van der Waals surface area contributed by atoms with Crippen LogP contribution in [0, 0.1) is 0 Å². The summed E-state index contributed by atoms with van der Waals surface area (Å²) in [7, 11) is 0. The van der Waals surface area contributed by atoms with Gasteiger partial charge in [0.2, 0.25) is 0 Å². The molecular formula is C21H14N4O3S2. The van der Waals surface area contributed by atoms with Gasteiger partial charge in [-0.1, -0.05) is 18.2 Å². The molecule has 3 N–H and O–H groups in total. The Labute approximate surface area is 178 Å². The van der Waals surface area contributed by atoms with E-state index in [1.165, 1.54) is 22.7 Å². The molecule has 3 aromatic heterocycles. The van der Waals surface area contributed by atoms with Crippen LogP contribution >= 0.6 is 22.7 Å². The van der Waals surface area contributed by atoms with Gasteiger partial charge in [-0.3, -0.25) is 14.9 Å². The summed E-state index contributed by atoms with van der Waals surface area (Å²) in [6.07, 6.45) is 0. The molecule has 0 radical (unpaired) electrons. The van der Waals surface area contributed by atoms with Gasteiger partial charge in [0.25, 0.3) is 11.8 Å². The molecule has 0 saturated carbocycles. The van der Waals surface area contributed by atoms with Gasteiger partial charge >= 0.3 is 0 Å². The number of amides is 2. The molecule has 1 aliphatic rings. The smallest absolute Gasteiger partial charge is 0.275 e. The minimum absolute atomic E-state index is 0.176. The molecule has 2 amide bonds. The van der Waals surface area contributed by atoms with Gasteiger partial charge in [-0.2, -0.15) is 0 Å². The Kier molecular flexibility index (Phi) is 4.34. The Morgan fingerprint density at radius 1 is 1.03 bits per heavy atom. The third-order valence-electron chi connectivity index (χ3n) is 4.77. The molecule has 148 valence electrons.